The summed E-state index contributed by atoms with van der Waals surface area (Å²) in [5.74, 6) is 1.23. The van der Waals surface area contributed by atoms with Gasteiger partial charge in [-0.3, -0.25) is 9.59 Å². The van der Waals surface area contributed by atoms with Crippen LogP contribution in [0.2, 0.25) is 0 Å². The number of aryl methyl sites for hydroxylation is 1. The van der Waals surface area contributed by atoms with Crippen LogP contribution in [0.1, 0.15) is 58.0 Å². The number of nitrogens with one attached hydrogen (secondary N) is 1. The van der Waals surface area contributed by atoms with Crippen molar-refractivity contribution < 1.29 is 19.1 Å². The highest BCUT2D eigenvalue weighted by molar-refractivity contribution is 7.15. The van der Waals surface area contributed by atoms with Gasteiger partial charge in [-0.05, 0) is 43.4 Å². The van der Waals surface area contributed by atoms with Gasteiger partial charge >= 0.3 is 0 Å². The number of para-hydroxylation sites is 1. The van der Waals surface area contributed by atoms with Crippen LogP contribution in [0, 0.1) is 12.8 Å². The fourth-order valence-electron chi connectivity index (χ4n) is 5.12. The lowest BCUT2D eigenvalue weighted by atomic mass is 9.89. The average molecular weight is 520 g/mol. The minimum absolute atomic E-state index is 0.0724. The molecule has 0 radical (unpaired) electrons. The van der Waals surface area contributed by atoms with Crippen molar-refractivity contribution in [2.24, 2.45) is 5.92 Å². The van der Waals surface area contributed by atoms with E-state index in [9.17, 15) is 9.59 Å². The molecule has 37 heavy (non-hydrogen) atoms. The van der Waals surface area contributed by atoms with Crippen molar-refractivity contribution >= 4 is 23.2 Å². The quantitative estimate of drug-likeness (QED) is 0.434. The Labute approximate surface area is 221 Å². The van der Waals surface area contributed by atoms with E-state index in [2.05, 4.69) is 10.3 Å². The van der Waals surface area contributed by atoms with E-state index in [1.807, 2.05) is 42.2 Å². The molecule has 7 nitrogen and oxygen atoms in total. The van der Waals surface area contributed by atoms with Crippen LogP contribution >= 0.6 is 11.3 Å². The molecule has 3 aromatic rings. The molecule has 1 aliphatic carbocycles. The van der Waals surface area contributed by atoms with E-state index >= 15 is 0 Å². The molecule has 1 aromatic heterocycles. The minimum Gasteiger partial charge on any atom is -0.486 e. The zero-order valence-corrected chi connectivity index (χ0v) is 22.0. The summed E-state index contributed by atoms with van der Waals surface area (Å²) in [6, 6.07) is 15.3. The average Bonchev–Trinajstić information content (AvgIpc) is 3.34. The Morgan fingerprint density at radius 1 is 1.03 bits per heavy atom. The summed E-state index contributed by atoms with van der Waals surface area (Å²) >= 11 is 1.54. The predicted octanol–water partition coefficient (Wildman–Crippen LogP) is 5.34. The summed E-state index contributed by atoms with van der Waals surface area (Å²) in [7, 11) is 0. The van der Waals surface area contributed by atoms with Crippen LogP contribution in [-0.2, 0) is 0 Å². The molecule has 2 heterocycles. The van der Waals surface area contributed by atoms with Gasteiger partial charge in [0.1, 0.15) is 18.9 Å². The van der Waals surface area contributed by atoms with Crippen molar-refractivity contribution in [2.75, 3.05) is 32.8 Å². The second-order valence-electron chi connectivity index (χ2n) is 9.62. The zero-order valence-electron chi connectivity index (χ0n) is 21.2. The number of rotatable bonds is 8. The molecule has 2 amide bonds. The molecule has 8 heteroatoms. The third kappa shape index (κ3) is 5.96. The molecular weight excluding hydrogens is 486 g/mol. The molecule has 0 spiro atoms. The van der Waals surface area contributed by atoms with Crippen LogP contribution in [-0.4, -0.2) is 54.5 Å². The zero-order chi connectivity index (χ0) is 25.6. The summed E-state index contributed by atoms with van der Waals surface area (Å²) in [5, 5.41) is 3.85. The van der Waals surface area contributed by atoms with Crippen molar-refractivity contribution in [3.05, 3.63) is 64.8 Å². The predicted molar refractivity (Wildman–Crippen MR) is 145 cm³/mol. The number of hydrogen-bond donors (Lipinski definition) is 1. The molecule has 2 aliphatic rings. The van der Waals surface area contributed by atoms with E-state index in [4.69, 9.17) is 9.47 Å². The molecule has 2 aromatic carbocycles. The molecule has 1 fully saturated rings. The number of thiazole rings is 1. The number of hydrogen-bond acceptors (Lipinski definition) is 6. The minimum atomic E-state index is -0.234. The maximum Gasteiger partial charge on any atom is 0.274 e. The first kappa shape index (κ1) is 25.3. The van der Waals surface area contributed by atoms with Crippen LogP contribution in [0.25, 0.3) is 10.4 Å². The van der Waals surface area contributed by atoms with E-state index in [1.54, 1.807) is 29.5 Å². The molecule has 1 aliphatic heterocycles. The van der Waals surface area contributed by atoms with Gasteiger partial charge in [0.2, 0.25) is 0 Å². The first-order valence-electron chi connectivity index (χ1n) is 13.1. The summed E-state index contributed by atoms with van der Waals surface area (Å²) in [5.41, 5.74) is 1.95. The molecule has 1 N–H and O–H groups in total. The van der Waals surface area contributed by atoms with Gasteiger partial charge < -0.3 is 19.7 Å². The van der Waals surface area contributed by atoms with Crippen LogP contribution in [0.5, 0.6) is 11.5 Å². The second kappa shape index (κ2) is 11.8. The number of amides is 2. The number of fused-ring (bicyclic) bond motifs is 1. The highest BCUT2D eigenvalue weighted by atomic mass is 32.1. The smallest absolute Gasteiger partial charge is 0.274 e. The highest BCUT2D eigenvalue weighted by Crippen LogP contribution is 2.34. The topological polar surface area (TPSA) is 80.8 Å². The molecule has 0 unspecified atom stereocenters. The standard InChI is InChI=1S/C29H33N3O4S/c1-20-31-25(27(37-20)22-11-6-3-7-12-22)29(34)32(19-21-9-4-2-5-10-21)16-15-30-28(33)23-13-8-14-24-26(23)36-18-17-35-24/h3,6-8,11-14,21H,2,4-5,9-10,15-19H2,1H3,(H,30,33). The lowest BCUT2D eigenvalue weighted by Gasteiger charge is -2.30. The SMILES string of the molecule is Cc1nc(C(=O)N(CCNC(=O)c2cccc3c2OCCO3)CC2CCCCC2)c(-c2ccccc2)s1. The summed E-state index contributed by atoms with van der Waals surface area (Å²) < 4.78 is 11.3. The molecule has 1 saturated carbocycles. The van der Waals surface area contributed by atoms with Crippen molar-refractivity contribution in [3.63, 3.8) is 0 Å². The van der Waals surface area contributed by atoms with E-state index in [1.165, 1.54) is 19.3 Å². The Kier molecular flexibility index (Phi) is 8.04. The van der Waals surface area contributed by atoms with Crippen molar-refractivity contribution in [1.29, 1.82) is 0 Å². The number of benzene rings is 2. The lowest BCUT2D eigenvalue weighted by Crippen LogP contribution is -2.42. The normalized spacial score (nSPS) is 15.3. The number of carbonyl (C=O) groups excluding carboxylic acids is 2. The number of ether oxygens (including phenoxy) is 2. The third-order valence-corrected chi connectivity index (χ3v) is 7.96. The molecular formula is C29H33N3O4S. The Hall–Kier alpha value is -3.39. The summed E-state index contributed by atoms with van der Waals surface area (Å²) in [6.45, 7) is 4.25. The van der Waals surface area contributed by atoms with E-state index in [0.717, 1.165) is 28.3 Å². The van der Waals surface area contributed by atoms with Gasteiger partial charge in [0.05, 0.1) is 15.4 Å². The number of nitrogens with zero attached hydrogens (tertiary/aromatic N) is 2. The Balaban J connectivity index is 1.32. The van der Waals surface area contributed by atoms with Gasteiger partial charge in [-0.25, -0.2) is 4.98 Å². The Bertz CT molecular complexity index is 1240. The van der Waals surface area contributed by atoms with Crippen LogP contribution in [0.15, 0.2) is 48.5 Å². The van der Waals surface area contributed by atoms with E-state index in [0.29, 0.717) is 61.5 Å². The van der Waals surface area contributed by atoms with Crippen molar-refractivity contribution in [3.8, 4) is 21.9 Å². The Morgan fingerprint density at radius 3 is 2.62 bits per heavy atom. The first-order valence-corrected chi connectivity index (χ1v) is 13.9. The van der Waals surface area contributed by atoms with Gasteiger partial charge in [-0.1, -0.05) is 55.7 Å². The summed E-state index contributed by atoms with van der Waals surface area (Å²) in [4.78, 5) is 34.3. The summed E-state index contributed by atoms with van der Waals surface area (Å²) in [6.07, 6.45) is 5.93. The Morgan fingerprint density at radius 2 is 1.81 bits per heavy atom. The molecule has 0 saturated heterocycles. The van der Waals surface area contributed by atoms with E-state index < -0.39 is 0 Å². The lowest BCUT2D eigenvalue weighted by molar-refractivity contribution is 0.0703. The molecule has 0 bridgehead atoms. The maximum absolute atomic E-state index is 13.9. The number of aromatic nitrogens is 1. The van der Waals surface area contributed by atoms with Gasteiger partial charge in [-0.2, -0.15) is 0 Å². The number of carbonyl (C=O) groups is 2. The fourth-order valence-corrected chi connectivity index (χ4v) is 6.03. The van der Waals surface area contributed by atoms with Gasteiger partial charge in [0.25, 0.3) is 11.8 Å². The van der Waals surface area contributed by atoms with Crippen LogP contribution in [0.3, 0.4) is 0 Å². The largest absolute Gasteiger partial charge is 0.486 e. The first-order chi connectivity index (χ1) is 18.1. The van der Waals surface area contributed by atoms with Crippen LogP contribution in [0.4, 0.5) is 0 Å². The third-order valence-electron chi connectivity index (χ3n) is 6.94. The van der Waals surface area contributed by atoms with Gasteiger partial charge in [-0.15, -0.1) is 11.3 Å². The fraction of sp³-hybridized carbons (Fsp3) is 0.414. The maximum atomic E-state index is 13.9. The molecule has 5 rings (SSSR count). The second-order valence-corrected chi connectivity index (χ2v) is 10.8. The van der Waals surface area contributed by atoms with E-state index in [-0.39, 0.29) is 11.8 Å². The monoisotopic (exact) mass is 519 g/mol. The van der Waals surface area contributed by atoms with Crippen molar-refractivity contribution in [2.45, 2.75) is 39.0 Å². The molecule has 0 atom stereocenters. The van der Waals surface area contributed by atoms with Crippen molar-refractivity contribution in [1.82, 2.24) is 15.2 Å². The van der Waals surface area contributed by atoms with Crippen LogP contribution < -0.4 is 14.8 Å². The highest BCUT2D eigenvalue weighted by Gasteiger charge is 2.27. The van der Waals surface area contributed by atoms with Gasteiger partial charge in [0, 0.05) is 19.6 Å². The van der Waals surface area contributed by atoms with Gasteiger partial charge in [0.15, 0.2) is 11.5 Å². The molecule has 194 valence electrons.